The van der Waals surface area contributed by atoms with E-state index in [9.17, 15) is 4.79 Å². The van der Waals surface area contributed by atoms with Gasteiger partial charge in [-0.3, -0.25) is 4.79 Å². The molecule has 0 radical (unpaired) electrons. The highest BCUT2D eigenvalue weighted by molar-refractivity contribution is 7.85. The van der Waals surface area contributed by atoms with Crippen LogP contribution in [0, 0.1) is 17.1 Å². The van der Waals surface area contributed by atoms with Crippen molar-refractivity contribution in [2.75, 3.05) is 33.3 Å². The molecular weight excluding hydrogens is 296 g/mol. The number of allylic oxidation sites excluding steroid dienone is 3. The summed E-state index contributed by atoms with van der Waals surface area (Å²) in [7, 11) is 2.01. The van der Waals surface area contributed by atoms with Crippen LogP contribution in [0.15, 0.2) is 23.8 Å². The maximum atomic E-state index is 9.72. The number of hydrogen-bond donors (Lipinski definition) is 3. The van der Waals surface area contributed by atoms with Crippen LogP contribution in [0.25, 0.3) is 0 Å². The van der Waals surface area contributed by atoms with E-state index in [1.165, 1.54) is 26.1 Å². The predicted molar refractivity (Wildman–Crippen MR) is 97.9 cm³/mol. The van der Waals surface area contributed by atoms with Gasteiger partial charge in [0.15, 0.2) is 0 Å². The van der Waals surface area contributed by atoms with Crippen molar-refractivity contribution in [3.8, 4) is 11.2 Å². The summed E-state index contributed by atoms with van der Waals surface area (Å²) >= 11 is 3.56. The van der Waals surface area contributed by atoms with E-state index < -0.39 is 0 Å². The molecule has 4 nitrogen and oxygen atoms in total. The zero-order valence-corrected chi connectivity index (χ0v) is 15.1. The Morgan fingerprint density at radius 2 is 2.23 bits per heavy atom. The van der Waals surface area contributed by atoms with Gasteiger partial charge in [0.2, 0.25) is 0 Å². The molecule has 0 aromatic heterocycles. The smallest absolute Gasteiger partial charge is 0.293 e. The van der Waals surface area contributed by atoms with Gasteiger partial charge in [0.05, 0.1) is 0 Å². The molecule has 0 spiro atoms. The van der Waals surface area contributed by atoms with Crippen LogP contribution in [0.4, 0.5) is 0 Å². The van der Waals surface area contributed by atoms with Gasteiger partial charge in [-0.05, 0) is 70.6 Å². The number of carbonyl (C=O) groups is 1. The van der Waals surface area contributed by atoms with Crippen LogP contribution in [-0.2, 0) is 9.53 Å². The molecule has 0 aromatic rings. The fourth-order valence-corrected chi connectivity index (χ4v) is 1.65. The van der Waals surface area contributed by atoms with Crippen molar-refractivity contribution in [1.82, 2.24) is 10.6 Å². The normalized spacial score (nSPS) is 16.6. The maximum absolute atomic E-state index is 9.72. The molecule has 126 valence electrons. The first-order valence-corrected chi connectivity index (χ1v) is 7.85. The van der Waals surface area contributed by atoms with Crippen LogP contribution in [0.5, 0.6) is 0 Å². The second-order valence-electron chi connectivity index (χ2n) is 4.72. The first-order chi connectivity index (χ1) is 10.7. The molecule has 0 amide bonds. The summed E-state index contributed by atoms with van der Waals surface area (Å²) in [5, 5.41) is 8.86. The largest absolute Gasteiger partial charge is 0.463 e. The summed E-state index contributed by atoms with van der Waals surface area (Å²) < 4.78 is 4.51. The molecule has 2 N–H and O–H groups in total. The summed E-state index contributed by atoms with van der Waals surface area (Å²) in [6, 6.07) is 0. The minimum Gasteiger partial charge on any atom is -0.463 e. The summed E-state index contributed by atoms with van der Waals surface area (Å²) in [5.41, 5.74) is 1.03. The number of rotatable bonds is 6. The van der Waals surface area contributed by atoms with Crippen molar-refractivity contribution < 1.29 is 9.53 Å². The molecule has 5 heteroatoms. The minimum absolute atomic E-state index is 0.383. The van der Waals surface area contributed by atoms with E-state index in [0.29, 0.717) is 13.1 Å². The van der Waals surface area contributed by atoms with Crippen LogP contribution >= 0.6 is 12.6 Å². The Labute approximate surface area is 141 Å². The second-order valence-corrected chi connectivity index (χ2v) is 4.95. The quantitative estimate of drug-likeness (QED) is 0.304. The Morgan fingerprint density at radius 1 is 1.55 bits per heavy atom. The van der Waals surface area contributed by atoms with Gasteiger partial charge in [-0.25, -0.2) is 0 Å². The van der Waals surface area contributed by atoms with E-state index in [0.717, 1.165) is 11.5 Å². The molecule has 1 fully saturated rings. The number of thiol groups is 1. The number of hydrogen-bond acceptors (Lipinski definition) is 5. The lowest BCUT2D eigenvalue weighted by Crippen LogP contribution is -2.20. The van der Waals surface area contributed by atoms with Gasteiger partial charge in [0.25, 0.3) is 6.47 Å². The molecule has 1 atom stereocenters. The monoisotopic (exact) mass is 326 g/mol. The molecule has 0 aromatic carbocycles. The molecular formula is C17H30N2O2S. The van der Waals surface area contributed by atoms with Gasteiger partial charge in [0.1, 0.15) is 6.61 Å². The van der Waals surface area contributed by atoms with E-state index in [2.05, 4.69) is 39.2 Å². The molecule has 1 unspecified atom stereocenters. The third-order valence-electron chi connectivity index (χ3n) is 2.72. The van der Waals surface area contributed by atoms with E-state index in [1.54, 1.807) is 6.92 Å². The van der Waals surface area contributed by atoms with Crippen molar-refractivity contribution in [3.63, 3.8) is 0 Å². The third kappa shape index (κ3) is 18.8. The molecule has 1 aliphatic heterocycles. The Balaban J connectivity index is 0. The zero-order valence-electron chi connectivity index (χ0n) is 14.2. The number of ether oxygens (including phenoxy) is 1. The van der Waals surface area contributed by atoms with Crippen LogP contribution in [0.1, 0.15) is 27.2 Å². The van der Waals surface area contributed by atoms with Crippen molar-refractivity contribution in [2.24, 2.45) is 5.92 Å². The van der Waals surface area contributed by atoms with E-state index in [4.69, 9.17) is 0 Å². The maximum Gasteiger partial charge on any atom is 0.293 e. The number of nitrogens with one attached hydrogen (secondary N) is 2. The lowest BCUT2D eigenvalue weighted by molar-refractivity contribution is -0.127. The summed E-state index contributed by atoms with van der Waals surface area (Å²) in [6.45, 7) is 10.0. The van der Waals surface area contributed by atoms with Crippen molar-refractivity contribution >= 4 is 19.1 Å². The first kappa shape index (κ1) is 23.1. The van der Waals surface area contributed by atoms with Crippen molar-refractivity contribution in [3.05, 3.63) is 23.8 Å². The van der Waals surface area contributed by atoms with Crippen LogP contribution in [0.2, 0.25) is 0 Å². The second kappa shape index (κ2) is 19.8. The topological polar surface area (TPSA) is 50.4 Å². The Hall–Kier alpha value is -1.22. The molecule has 22 heavy (non-hydrogen) atoms. The predicted octanol–water partition coefficient (Wildman–Crippen LogP) is 2.39. The molecule has 0 bridgehead atoms. The van der Waals surface area contributed by atoms with E-state index in [1.807, 2.05) is 39.1 Å². The van der Waals surface area contributed by atoms with Crippen LogP contribution < -0.4 is 10.6 Å². The summed E-state index contributed by atoms with van der Waals surface area (Å²) in [4.78, 5) is 9.72. The molecule has 1 rings (SSSR count). The first-order valence-electron chi connectivity index (χ1n) is 7.41. The third-order valence-corrected chi connectivity index (χ3v) is 2.94. The molecule has 1 heterocycles. The fraction of sp³-hybridized carbons (Fsp3) is 0.588. The highest BCUT2D eigenvalue weighted by Gasteiger charge is 2.11. The highest BCUT2D eigenvalue weighted by Crippen LogP contribution is 2.04. The Bertz CT molecular complexity index is 359. The van der Waals surface area contributed by atoms with Crippen LogP contribution in [0.3, 0.4) is 0 Å². The summed E-state index contributed by atoms with van der Waals surface area (Å²) in [6.07, 6.45) is 7.08. The van der Waals surface area contributed by atoms with Gasteiger partial charge in [-0.1, -0.05) is 36.8 Å². The van der Waals surface area contributed by atoms with Gasteiger partial charge in [0, 0.05) is 0 Å². The average Bonchev–Trinajstić information content (AvgIpc) is 3.05. The average molecular weight is 327 g/mol. The van der Waals surface area contributed by atoms with E-state index in [-0.39, 0.29) is 0 Å². The zero-order chi connectivity index (χ0) is 17.1. The van der Waals surface area contributed by atoms with Gasteiger partial charge < -0.3 is 15.4 Å². The van der Waals surface area contributed by atoms with E-state index >= 15 is 0 Å². The summed E-state index contributed by atoms with van der Waals surface area (Å²) in [5.74, 6) is 3.43. The van der Waals surface area contributed by atoms with Crippen LogP contribution in [-0.4, -0.2) is 39.8 Å². The Morgan fingerprint density at radius 3 is 2.64 bits per heavy atom. The molecule has 1 saturated heterocycles. The van der Waals surface area contributed by atoms with Gasteiger partial charge in [-0.2, -0.15) is 0 Å². The molecule has 1 aliphatic rings. The highest BCUT2D eigenvalue weighted by atomic mass is 32.1. The van der Waals surface area contributed by atoms with Crippen molar-refractivity contribution in [1.29, 1.82) is 0 Å². The van der Waals surface area contributed by atoms with Crippen molar-refractivity contribution in [2.45, 2.75) is 27.2 Å². The lowest BCUT2D eigenvalue weighted by Gasteiger charge is -2.04. The number of carbonyl (C=O) groups excluding carboxylic acids is 1. The van der Waals surface area contributed by atoms with Gasteiger partial charge >= 0.3 is 0 Å². The molecule has 0 aliphatic carbocycles. The Kier molecular flexibility index (Phi) is 20.7. The SMILES string of the molecule is C/C=C\C=C(/C)COC=O.CC#CS.CNCC1CCNC1. The fourth-order valence-electron chi connectivity index (χ4n) is 1.65. The van der Waals surface area contributed by atoms with Gasteiger partial charge in [-0.15, -0.1) is 0 Å². The standard InChI is InChI=1S/C8H12O2.C6H14N2.C3H4S/c1-3-4-5-8(2)6-10-7-9;1-7-4-6-2-3-8-5-6;1-2-3-4/h3-5,7H,6H2,1-2H3;6-8H,2-5H2,1H3;4H,1H3/b4-3-,8-5+;;. The minimum atomic E-state index is 0.383. The lowest BCUT2D eigenvalue weighted by atomic mass is 10.1. The molecule has 0 saturated carbocycles.